The Labute approximate surface area is 85.6 Å². The monoisotopic (exact) mass is 210 g/mol. The van der Waals surface area contributed by atoms with Gasteiger partial charge in [-0.3, -0.25) is 0 Å². The first-order chi connectivity index (χ1) is 7.13. The van der Waals surface area contributed by atoms with E-state index in [9.17, 15) is 9.59 Å². The van der Waals surface area contributed by atoms with Gasteiger partial charge in [0.15, 0.2) is 0 Å². The van der Waals surface area contributed by atoms with Crippen LogP contribution in [0.25, 0.3) is 0 Å². The average molecular weight is 210 g/mol. The number of amides is 1. The molecule has 0 radical (unpaired) electrons. The molecule has 15 heavy (non-hydrogen) atoms. The van der Waals surface area contributed by atoms with E-state index >= 15 is 0 Å². The second-order valence-electron chi connectivity index (χ2n) is 2.76. The van der Waals surface area contributed by atoms with Crippen molar-refractivity contribution in [2.24, 2.45) is 5.90 Å². The standard InChI is InChI=1S/C9H10N2O4/c10-15-8(12)7-3-1-6(2-4-7)5-11-9(13)14/h1-4,11H,5,10H2,(H,13,14). The molecule has 6 heteroatoms. The first kappa shape index (κ1) is 11.0. The number of nitrogens with one attached hydrogen (secondary N) is 1. The highest BCUT2D eigenvalue weighted by atomic mass is 16.7. The second kappa shape index (κ2) is 4.97. The van der Waals surface area contributed by atoms with Gasteiger partial charge in [0.1, 0.15) is 0 Å². The van der Waals surface area contributed by atoms with Crippen molar-refractivity contribution in [3.05, 3.63) is 35.4 Å². The molecule has 0 bridgehead atoms. The molecule has 1 amide bonds. The summed E-state index contributed by atoms with van der Waals surface area (Å²) in [4.78, 5) is 25.2. The normalized spacial score (nSPS) is 9.40. The van der Waals surface area contributed by atoms with Crippen molar-refractivity contribution in [3.8, 4) is 0 Å². The smallest absolute Gasteiger partial charge is 0.404 e. The molecule has 0 saturated heterocycles. The lowest BCUT2D eigenvalue weighted by Gasteiger charge is -2.02. The van der Waals surface area contributed by atoms with Crippen LogP contribution >= 0.6 is 0 Å². The Bertz CT molecular complexity index is 361. The summed E-state index contributed by atoms with van der Waals surface area (Å²) < 4.78 is 0. The van der Waals surface area contributed by atoms with E-state index in [4.69, 9.17) is 11.0 Å². The molecule has 0 aliphatic heterocycles. The summed E-state index contributed by atoms with van der Waals surface area (Å²) in [5.41, 5.74) is 1.06. The summed E-state index contributed by atoms with van der Waals surface area (Å²) >= 11 is 0. The maximum Gasteiger partial charge on any atom is 0.404 e. The van der Waals surface area contributed by atoms with Crippen molar-refractivity contribution in [1.29, 1.82) is 0 Å². The van der Waals surface area contributed by atoms with Gasteiger partial charge in [-0.05, 0) is 17.7 Å². The Morgan fingerprint density at radius 1 is 1.33 bits per heavy atom. The highest BCUT2D eigenvalue weighted by Crippen LogP contribution is 2.04. The molecule has 6 nitrogen and oxygen atoms in total. The second-order valence-corrected chi connectivity index (χ2v) is 2.76. The van der Waals surface area contributed by atoms with Gasteiger partial charge in [0.05, 0.1) is 5.56 Å². The van der Waals surface area contributed by atoms with Crippen LogP contribution in [0.4, 0.5) is 4.79 Å². The molecule has 80 valence electrons. The molecule has 1 rings (SSSR count). The molecule has 0 aliphatic carbocycles. The Morgan fingerprint density at radius 3 is 2.40 bits per heavy atom. The van der Waals surface area contributed by atoms with Gasteiger partial charge in [-0.25, -0.2) is 9.59 Å². The van der Waals surface area contributed by atoms with Gasteiger partial charge < -0.3 is 15.3 Å². The van der Waals surface area contributed by atoms with Crippen LogP contribution in [0.2, 0.25) is 0 Å². The minimum Gasteiger partial charge on any atom is -0.465 e. The molecule has 0 aromatic heterocycles. The topological polar surface area (TPSA) is 102 Å². The molecule has 0 heterocycles. The van der Waals surface area contributed by atoms with Crippen LogP contribution in [0.5, 0.6) is 0 Å². The van der Waals surface area contributed by atoms with Crippen LogP contribution < -0.4 is 11.2 Å². The van der Waals surface area contributed by atoms with Crippen LogP contribution in [0.15, 0.2) is 24.3 Å². The van der Waals surface area contributed by atoms with Gasteiger partial charge in [0.25, 0.3) is 0 Å². The van der Waals surface area contributed by atoms with Crippen molar-refractivity contribution in [2.45, 2.75) is 6.54 Å². The molecule has 1 aromatic rings. The zero-order chi connectivity index (χ0) is 11.3. The number of benzene rings is 1. The van der Waals surface area contributed by atoms with E-state index in [1.54, 1.807) is 12.1 Å². The quantitative estimate of drug-likeness (QED) is 0.630. The molecule has 0 saturated carbocycles. The van der Waals surface area contributed by atoms with Crippen LogP contribution in [0.3, 0.4) is 0 Å². The lowest BCUT2D eigenvalue weighted by atomic mass is 10.1. The fourth-order valence-corrected chi connectivity index (χ4v) is 1.00. The molecule has 0 fully saturated rings. The largest absolute Gasteiger partial charge is 0.465 e. The molecule has 0 aliphatic rings. The van der Waals surface area contributed by atoms with Gasteiger partial charge >= 0.3 is 12.1 Å². The van der Waals surface area contributed by atoms with E-state index in [0.29, 0.717) is 5.56 Å². The number of carbonyl (C=O) groups excluding carboxylic acids is 1. The van der Waals surface area contributed by atoms with Crippen LogP contribution in [-0.2, 0) is 11.4 Å². The number of carboxylic acid groups (broad SMARTS) is 1. The summed E-state index contributed by atoms with van der Waals surface area (Å²) in [7, 11) is 0. The molecule has 4 N–H and O–H groups in total. The van der Waals surface area contributed by atoms with E-state index in [-0.39, 0.29) is 6.54 Å². The summed E-state index contributed by atoms with van der Waals surface area (Å²) in [5.74, 6) is 4.07. The van der Waals surface area contributed by atoms with Gasteiger partial charge in [0, 0.05) is 6.54 Å². The average Bonchev–Trinajstić information content (AvgIpc) is 2.26. The van der Waals surface area contributed by atoms with Crippen molar-refractivity contribution < 1.29 is 19.5 Å². The molecule has 0 atom stereocenters. The van der Waals surface area contributed by atoms with Crippen LogP contribution in [0.1, 0.15) is 15.9 Å². The Kier molecular flexibility index (Phi) is 3.64. The SMILES string of the molecule is NOC(=O)c1ccc(CNC(=O)O)cc1. The van der Waals surface area contributed by atoms with Crippen LogP contribution in [-0.4, -0.2) is 17.2 Å². The van der Waals surface area contributed by atoms with Crippen molar-refractivity contribution in [1.82, 2.24) is 5.32 Å². The first-order valence-corrected chi connectivity index (χ1v) is 4.10. The van der Waals surface area contributed by atoms with Crippen molar-refractivity contribution >= 4 is 12.1 Å². The lowest BCUT2D eigenvalue weighted by Crippen LogP contribution is -2.19. The zero-order valence-electron chi connectivity index (χ0n) is 7.77. The van der Waals surface area contributed by atoms with E-state index in [1.165, 1.54) is 12.1 Å². The van der Waals surface area contributed by atoms with Gasteiger partial charge in [-0.2, -0.15) is 5.90 Å². The molecular weight excluding hydrogens is 200 g/mol. The number of hydrogen-bond donors (Lipinski definition) is 3. The number of hydrogen-bond acceptors (Lipinski definition) is 4. The summed E-state index contributed by atoms with van der Waals surface area (Å²) in [5, 5.41) is 10.6. The predicted molar refractivity (Wildman–Crippen MR) is 50.9 cm³/mol. The van der Waals surface area contributed by atoms with E-state index < -0.39 is 12.1 Å². The van der Waals surface area contributed by atoms with E-state index in [0.717, 1.165) is 5.56 Å². The zero-order valence-corrected chi connectivity index (χ0v) is 7.77. The number of nitrogens with two attached hydrogens (primary N) is 1. The maximum atomic E-state index is 10.9. The summed E-state index contributed by atoms with van der Waals surface area (Å²) in [6.45, 7) is 0.188. The predicted octanol–water partition coefficient (Wildman–Crippen LogP) is 0.485. The maximum absolute atomic E-state index is 10.9. The summed E-state index contributed by atoms with van der Waals surface area (Å²) in [6, 6.07) is 6.24. The first-order valence-electron chi connectivity index (χ1n) is 4.10. The number of rotatable bonds is 3. The third kappa shape index (κ3) is 3.28. The van der Waals surface area contributed by atoms with Crippen molar-refractivity contribution in [2.75, 3.05) is 0 Å². The third-order valence-electron chi connectivity index (χ3n) is 1.74. The minimum atomic E-state index is -1.10. The molecular formula is C9H10N2O4. The van der Waals surface area contributed by atoms with Crippen molar-refractivity contribution in [3.63, 3.8) is 0 Å². The Morgan fingerprint density at radius 2 is 1.93 bits per heavy atom. The fraction of sp³-hybridized carbons (Fsp3) is 0.111. The fourth-order valence-electron chi connectivity index (χ4n) is 1.00. The minimum absolute atomic E-state index is 0.188. The highest BCUT2D eigenvalue weighted by Gasteiger charge is 2.05. The van der Waals surface area contributed by atoms with Crippen LogP contribution in [0, 0.1) is 0 Å². The Hall–Kier alpha value is -2.08. The molecule has 1 aromatic carbocycles. The van der Waals surface area contributed by atoms with Gasteiger partial charge in [-0.1, -0.05) is 12.1 Å². The molecule has 0 unspecified atom stereocenters. The molecule has 0 spiro atoms. The van der Waals surface area contributed by atoms with E-state index in [1.807, 2.05) is 0 Å². The third-order valence-corrected chi connectivity index (χ3v) is 1.74. The van der Waals surface area contributed by atoms with Gasteiger partial charge in [-0.15, -0.1) is 0 Å². The number of carbonyl (C=O) groups is 2. The highest BCUT2D eigenvalue weighted by molar-refractivity contribution is 5.89. The lowest BCUT2D eigenvalue weighted by molar-refractivity contribution is 0.0503. The Balaban J connectivity index is 2.64. The summed E-state index contributed by atoms with van der Waals surface area (Å²) in [6.07, 6.45) is -1.10. The van der Waals surface area contributed by atoms with Gasteiger partial charge in [0.2, 0.25) is 0 Å². The van der Waals surface area contributed by atoms with E-state index in [2.05, 4.69) is 10.2 Å².